The fourth-order valence-corrected chi connectivity index (χ4v) is 2.75. The summed E-state index contributed by atoms with van der Waals surface area (Å²) in [5, 5.41) is 5.36. The van der Waals surface area contributed by atoms with Gasteiger partial charge in [0.15, 0.2) is 0 Å². The van der Waals surface area contributed by atoms with Crippen LogP contribution in [0.2, 0.25) is 0 Å². The molecule has 1 atom stereocenters. The van der Waals surface area contributed by atoms with E-state index in [1.807, 2.05) is 45.0 Å². The Morgan fingerprint density at radius 1 is 1.33 bits per heavy atom. The molecule has 1 heterocycles. The fourth-order valence-electron chi connectivity index (χ4n) is 2.75. The average molecular weight is 331 g/mol. The number of aldehydes is 1. The van der Waals surface area contributed by atoms with E-state index in [1.54, 1.807) is 4.90 Å². The number of fused-ring (bicyclic) bond motifs is 1. The van der Waals surface area contributed by atoms with Gasteiger partial charge in [0.05, 0.1) is 12.6 Å². The number of rotatable bonds is 5. The molecule has 1 aromatic carbocycles. The smallest absolute Gasteiger partial charge is 0.315 e. The summed E-state index contributed by atoms with van der Waals surface area (Å²) in [6, 6.07) is 7.02. The minimum absolute atomic E-state index is 0.00111. The SMILES string of the molecule is CC(C)(C)C(CN1CCc2ccccc2C1=O)NC(=O)NCC=O. The van der Waals surface area contributed by atoms with Crippen molar-refractivity contribution in [3.63, 3.8) is 0 Å². The number of benzene rings is 1. The van der Waals surface area contributed by atoms with Gasteiger partial charge in [-0.25, -0.2) is 4.79 Å². The van der Waals surface area contributed by atoms with Crippen LogP contribution in [0.5, 0.6) is 0 Å². The van der Waals surface area contributed by atoms with Gasteiger partial charge < -0.3 is 20.3 Å². The number of nitrogens with one attached hydrogen (secondary N) is 2. The number of amides is 3. The molecule has 0 saturated carbocycles. The Morgan fingerprint density at radius 3 is 2.71 bits per heavy atom. The summed E-state index contributed by atoms with van der Waals surface area (Å²) in [7, 11) is 0. The van der Waals surface area contributed by atoms with Gasteiger partial charge in [0.1, 0.15) is 6.29 Å². The molecule has 1 aromatic rings. The molecule has 0 fully saturated rings. The molecule has 1 aliphatic heterocycles. The second-order valence-electron chi connectivity index (χ2n) is 7.10. The van der Waals surface area contributed by atoms with Crippen molar-refractivity contribution in [3.8, 4) is 0 Å². The van der Waals surface area contributed by atoms with Gasteiger partial charge in [-0.2, -0.15) is 0 Å². The van der Waals surface area contributed by atoms with E-state index in [4.69, 9.17) is 0 Å². The molecule has 6 nitrogen and oxygen atoms in total. The maximum Gasteiger partial charge on any atom is 0.315 e. The zero-order valence-electron chi connectivity index (χ0n) is 14.5. The van der Waals surface area contributed by atoms with Gasteiger partial charge in [0.2, 0.25) is 0 Å². The third-order valence-electron chi connectivity index (χ3n) is 4.29. The molecule has 24 heavy (non-hydrogen) atoms. The number of nitrogens with zero attached hydrogens (tertiary/aromatic N) is 1. The van der Waals surface area contributed by atoms with Crippen LogP contribution in [0.25, 0.3) is 0 Å². The van der Waals surface area contributed by atoms with Gasteiger partial charge >= 0.3 is 6.03 Å². The summed E-state index contributed by atoms with van der Waals surface area (Å²) in [4.78, 5) is 36.7. The molecule has 0 spiro atoms. The molecule has 130 valence electrons. The third-order valence-corrected chi connectivity index (χ3v) is 4.29. The molecule has 1 aliphatic rings. The van der Waals surface area contributed by atoms with Gasteiger partial charge in [-0.3, -0.25) is 4.79 Å². The molecular formula is C18H25N3O3. The normalized spacial score (nSPS) is 15.5. The van der Waals surface area contributed by atoms with Crippen LogP contribution in [0.4, 0.5) is 4.79 Å². The second kappa shape index (κ2) is 7.47. The van der Waals surface area contributed by atoms with Crippen molar-refractivity contribution in [1.29, 1.82) is 0 Å². The highest BCUT2D eigenvalue weighted by atomic mass is 16.2. The topological polar surface area (TPSA) is 78.5 Å². The van der Waals surface area contributed by atoms with Crippen molar-refractivity contribution in [2.75, 3.05) is 19.6 Å². The Kier molecular flexibility index (Phi) is 5.59. The lowest BCUT2D eigenvalue weighted by atomic mass is 9.85. The van der Waals surface area contributed by atoms with E-state index in [9.17, 15) is 14.4 Å². The number of hydrogen-bond acceptors (Lipinski definition) is 3. The van der Waals surface area contributed by atoms with Gasteiger partial charge in [-0.05, 0) is 23.5 Å². The molecule has 0 aromatic heterocycles. The summed E-state index contributed by atoms with van der Waals surface area (Å²) in [6.45, 7) is 7.09. The lowest BCUT2D eigenvalue weighted by Gasteiger charge is -2.37. The summed E-state index contributed by atoms with van der Waals surface area (Å²) in [5.74, 6) is 0.00111. The molecule has 6 heteroatoms. The Morgan fingerprint density at radius 2 is 2.04 bits per heavy atom. The summed E-state index contributed by atoms with van der Waals surface area (Å²) in [5.41, 5.74) is 1.58. The van der Waals surface area contributed by atoms with Crippen LogP contribution in [-0.4, -0.2) is 48.8 Å². The summed E-state index contributed by atoms with van der Waals surface area (Å²) >= 11 is 0. The predicted octanol–water partition coefficient (Wildman–Crippen LogP) is 1.60. The quantitative estimate of drug-likeness (QED) is 0.805. The molecule has 2 rings (SSSR count). The summed E-state index contributed by atoms with van der Waals surface area (Å²) in [6.07, 6.45) is 1.45. The van der Waals surface area contributed by atoms with Crippen LogP contribution < -0.4 is 10.6 Å². The monoisotopic (exact) mass is 331 g/mol. The highest BCUT2D eigenvalue weighted by molar-refractivity contribution is 5.96. The lowest BCUT2D eigenvalue weighted by molar-refractivity contribution is -0.107. The Balaban J connectivity index is 2.09. The first kappa shape index (κ1) is 18.0. The van der Waals surface area contributed by atoms with Crippen molar-refractivity contribution >= 4 is 18.2 Å². The zero-order chi connectivity index (χ0) is 17.7. The Bertz CT molecular complexity index is 622. The van der Waals surface area contributed by atoms with E-state index in [0.29, 0.717) is 19.4 Å². The van der Waals surface area contributed by atoms with Crippen LogP contribution in [0.1, 0.15) is 36.7 Å². The minimum Gasteiger partial charge on any atom is -0.336 e. The van der Waals surface area contributed by atoms with Gasteiger partial charge in [0, 0.05) is 18.7 Å². The molecule has 2 N–H and O–H groups in total. The van der Waals surface area contributed by atoms with Crippen molar-refractivity contribution < 1.29 is 14.4 Å². The molecule has 0 aliphatic carbocycles. The maximum atomic E-state index is 12.7. The van der Waals surface area contributed by atoms with Crippen LogP contribution in [0.3, 0.4) is 0 Å². The van der Waals surface area contributed by atoms with E-state index in [1.165, 1.54) is 0 Å². The van der Waals surface area contributed by atoms with Gasteiger partial charge in [0.25, 0.3) is 5.91 Å². The van der Waals surface area contributed by atoms with E-state index >= 15 is 0 Å². The molecule has 0 bridgehead atoms. The van der Waals surface area contributed by atoms with Crippen LogP contribution in [0.15, 0.2) is 24.3 Å². The van der Waals surface area contributed by atoms with Crippen molar-refractivity contribution in [1.82, 2.24) is 15.5 Å². The van der Waals surface area contributed by atoms with Crippen LogP contribution in [0, 0.1) is 5.41 Å². The average Bonchev–Trinajstić information content (AvgIpc) is 2.54. The molecule has 0 radical (unpaired) electrons. The highest BCUT2D eigenvalue weighted by Crippen LogP contribution is 2.24. The fraction of sp³-hybridized carbons (Fsp3) is 0.500. The second-order valence-corrected chi connectivity index (χ2v) is 7.10. The van der Waals surface area contributed by atoms with Crippen LogP contribution in [-0.2, 0) is 11.2 Å². The number of urea groups is 1. The molecule has 0 saturated heterocycles. The van der Waals surface area contributed by atoms with Crippen molar-refractivity contribution in [2.45, 2.75) is 33.2 Å². The number of hydrogen-bond donors (Lipinski definition) is 2. The van der Waals surface area contributed by atoms with Crippen molar-refractivity contribution in [3.05, 3.63) is 35.4 Å². The lowest BCUT2D eigenvalue weighted by Crippen LogP contribution is -2.55. The minimum atomic E-state index is -0.396. The van der Waals surface area contributed by atoms with E-state index in [2.05, 4.69) is 10.6 Å². The standard InChI is InChI=1S/C18H25N3O3/c1-18(2,3)15(20-17(24)19-9-11-22)12-21-10-8-13-6-4-5-7-14(13)16(21)23/h4-7,11,15H,8-10,12H2,1-3H3,(H2,19,20,24). The Hall–Kier alpha value is -2.37. The highest BCUT2D eigenvalue weighted by Gasteiger charge is 2.32. The largest absolute Gasteiger partial charge is 0.336 e. The van der Waals surface area contributed by atoms with E-state index < -0.39 is 6.03 Å². The number of carbonyl (C=O) groups excluding carboxylic acids is 3. The van der Waals surface area contributed by atoms with Gasteiger partial charge in [-0.1, -0.05) is 39.0 Å². The van der Waals surface area contributed by atoms with E-state index in [0.717, 1.165) is 17.5 Å². The molecular weight excluding hydrogens is 306 g/mol. The number of carbonyl (C=O) groups is 3. The first-order valence-corrected chi connectivity index (χ1v) is 8.18. The maximum absolute atomic E-state index is 12.7. The van der Waals surface area contributed by atoms with E-state index in [-0.39, 0.29) is 23.9 Å². The zero-order valence-corrected chi connectivity index (χ0v) is 14.5. The summed E-state index contributed by atoms with van der Waals surface area (Å²) < 4.78 is 0. The molecule has 3 amide bonds. The first-order chi connectivity index (χ1) is 11.3. The Labute approximate surface area is 142 Å². The van der Waals surface area contributed by atoms with Gasteiger partial charge in [-0.15, -0.1) is 0 Å². The predicted molar refractivity (Wildman–Crippen MR) is 91.9 cm³/mol. The van der Waals surface area contributed by atoms with Crippen molar-refractivity contribution in [2.24, 2.45) is 5.41 Å². The first-order valence-electron chi connectivity index (χ1n) is 8.18. The third kappa shape index (κ3) is 4.34. The van der Waals surface area contributed by atoms with Crippen LogP contribution >= 0.6 is 0 Å². The molecule has 1 unspecified atom stereocenters.